The van der Waals surface area contributed by atoms with Gasteiger partial charge in [-0.2, -0.15) is 0 Å². The van der Waals surface area contributed by atoms with Gasteiger partial charge >= 0.3 is 5.97 Å². The van der Waals surface area contributed by atoms with Gasteiger partial charge in [-0.25, -0.2) is 9.18 Å². The molecule has 23 heavy (non-hydrogen) atoms. The molecule has 0 spiro atoms. The number of benzene rings is 2. The molecule has 2 rings (SSSR count). The minimum absolute atomic E-state index is 0.393. The maximum Gasteiger partial charge on any atom is 0.331 e. The molecule has 0 fully saturated rings. The van der Waals surface area contributed by atoms with Crippen LogP contribution >= 0.6 is 11.8 Å². The van der Waals surface area contributed by atoms with Crippen molar-refractivity contribution in [3.8, 4) is 0 Å². The standard InChI is InChI=1S/C17H14FNO3S/c18-13-6-8-14(9-7-13)19-16(20)12-22-17(21)10-11-23-15-4-2-1-3-5-15/h1-11H,12H2,(H,19,20)/b11-10+. The summed E-state index contributed by atoms with van der Waals surface area (Å²) in [7, 11) is 0. The molecule has 0 radical (unpaired) electrons. The molecule has 1 N–H and O–H groups in total. The molecule has 0 heterocycles. The van der Waals surface area contributed by atoms with E-state index in [1.165, 1.54) is 42.1 Å². The molecule has 0 saturated heterocycles. The van der Waals surface area contributed by atoms with Crippen molar-refractivity contribution in [2.24, 2.45) is 0 Å². The third-order valence-electron chi connectivity index (χ3n) is 2.62. The van der Waals surface area contributed by atoms with E-state index in [1.54, 1.807) is 5.41 Å². The SMILES string of the molecule is O=C(COC(=O)/C=C/Sc1ccccc1)Nc1ccc(F)cc1. The van der Waals surface area contributed by atoms with E-state index in [9.17, 15) is 14.0 Å². The zero-order valence-electron chi connectivity index (χ0n) is 12.1. The van der Waals surface area contributed by atoms with Crippen LogP contribution in [-0.4, -0.2) is 18.5 Å². The summed E-state index contributed by atoms with van der Waals surface area (Å²) in [5.74, 6) is -1.49. The molecular weight excluding hydrogens is 317 g/mol. The van der Waals surface area contributed by atoms with E-state index in [4.69, 9.17) is 4.74 Å². The van der Waals surface area contributed by atoms with Crippen LogP contribution in [0.4, 0.5) is 10.1 Å². The summed E-state index contributed by atoms with van der Waals surface area (Å²) in [5.41, 5.74) is 0.433. The van der Waals surface area contributed by atoms with Gasteiger partial charge in [0.05, 0.1) is 0 Å². The Hall–Kier alpha value is -2.60. The summed E-state index contributed by atoms with van der Waals surface area (Å²) in [6.07, 6.45) is 1.25. The van der Waals surface area contributed by atoms with Gasteiger partial charge in [-0.1, -0.05) is 30.0 Å². The quantitative estimate of drug-likeness (QED) is 0.499. The van der Waals surface area contributed by atoms with Crippen molar-refractivity contribution in [3.05, 3.63) is 71.9 Å². The van der Waals surface area contributed by atoms with Crippen LogP contribution < -0.4 is 5.32 Å². The topological polar surface area (TPSA) is 55.4 Å². The van der Waals surface area contributed by atoms with Crippen molar-refractivity contribution in [1.82, 2.24) is 0 Å². The van der Waals surface area contributed by atoms with E-state index in [0.717, 1.165) is 4.90 Å². The molecule has 1 amide bonds. The molecule has 0 atom stereocenters. The number of rotatable bonds is 6. The molecule has 4 nitrogen and oxygen atoms in total. The lowest BCUT2D eigenvalue weighted by Gasteiger charge is -2.05. The van der Waals surface area contributed by atoms with Gasteiger partial charge in [0.2, 0.25) is 0 Å². The van der Waals surface area contributed by atoms with Gasteiger partial charge in [0.1, 0.15) is 5.82 Å². The van der Waals surface area contributed by atoms with E-state index < -0.39 is 24.3 Å². The Balaban J connectivity index is 1.71. The fraction of sp³-hybridized carbons (Fsp3) is 0.0588. The second-order valence-electron chi connectivity index (χ2n) is 4.40. The Morgan fingerprint density at radius 3 is 2.48 bits per heavy atom. The Labute approximate surface area is 137 Å². The number of nitrogens with one attached hydrogen (secondary N) is 1. The molecule has 2 aromatic rings. The van der Waals surface area contributed by atoms with Gasteiger partial charge in [0.25, 0.3) is 5.91 Å². The molecule has 0 unspecified atom stereocenters. The normalized spacial score (nSPS) is 10.5. The van der Waals surface area contributed by atoms with Crippen molar-refractivity contribution in [1.29, 1.82) is 0 Å². The summed E-state index contributed by atoms with van der Waals surface area (Å²) in [4.78, 5) is 24.1. The van der Waals surface area contributed by atoms with E-state index in [2.05, 4.69) is 5.32 Å². The average molecular weight is 331 g/mol. The van der Waals surface area contributed by atoms with Crippen LogP contribution in [0.15, 0.2) is 71.0 Å². The lowest BCUT2D eigenvalue weighted by molar-refractivity contribution is -0.142. The lowest BCUT2D eigenvalue weighted by Crippen LogP contribution is -2.20. The Kier molecular flexibility index (Phi) is 6.38. The predicted octanol–water partition coefficient (Wildman–Crippen LogP) is 3.61. The Morgan fingerprint density at radius 2 is 1.78 bits per heavy atom. The van der Waals surface area contributed by atoms with Crippen molar-refractivity contribution in [3.63, 3.8) is 0 Å². The monoisotopic (exact) mass is 331 g/mol. The van der Waals surface area contributed by atoms with E-state index in [-0.39, 0.29) is 0 Å². The van der Waals surface area contributed by atoms with E-state index in [0.29, 0.717) is 5.69 Å². The summed E-state index contributed by atoms with van der Waals surface area (Å²) < 4.78 is 17.5. The molecule has 6 heteroatoms. The zero-order chi connectivity index (χ0) is 16.5. The van der Waals surface area contributed by atoms with Gasteiger partial charge in [-0.15, -0.1) is 0 Å². The van der Waals surface area contributed by atoms with Crippen LogP contribution in [-0.2, 0) is 14.3 Å². The highest BCUT2D eigenvalue weighted by molar-refractivity contribution is 8.02. The van der Waals surface area contributed by atoms with E-state index in [1.807, 2.05) is 30.3 Å². The van der Waals surface area contributed by atoms with Crippen LogP contribution in [0, 0.1) is 5.82 Å². The van der Waals surface area contributed by atoms with Crippen LogP contribution in [0.2, 0.25) is 0 Å². The zero-order valence-corrected chi connectivity index (χ0v) is 12.9. The minimum atomic E-state index is -0.609. The maximum absolute atomic E-state index is 12.7. The third kappa shape index (κ3) is 6.36. The number of esters is 1. The van der Waals surface area contributed by atoms with Crippen molar-refractivity contribution in [2.75, 3.05) is 11.9 Å². The molecule has 118 valence electrons. The first-order valence-corrected chi connectivity index (χ1v) is 7.62. The number of hydrogen-bond acceptors (Lipinski definition) is 4. The summed E-state index contributed by atoms with van der Waals surface area (Å²) in [6, 6.07) is 14.8. The van der Waals surface area contributed by atoms with Crippen LogP contribution in [0.1, 0.15) is 0 Å². The predicted molar refractivity (Wildman–Crippen MR) is 87.4 cm³/mol. The second-order valence-corrected chi connectivity index (χ2v) is 5.38. The van der Waals surface area contributed by atoms with E-state index >= 15 is 0 Å². The number of halogens is 1. The first-order chi connectivity index (χ1) is 11.1. The van der Waals surface area contributed by atoms with Crippen molar-refractivity contribution in [2.45, 2.75) is 4.90 Å². The molecule has 0 aliphatic heterocycles. The molecule has 2 aromatic carbocycles. The molecule has 0 aliphatic carbocycles. The average Bonchev–Trinajstić information content (AvgIpc) is 2.56. The summed E-state index contributed by atoms with van der Waals surface area (Å²) in [6.45, 7) is -0.406. The fourth-order valence-electron chi connectivity index (χ4n) is 1.58. The van der Waals surface area contributed by atoms with Gasteiger partial charge in [0, 0.05) is 16.7 Å². The minimum Gasteiger partial charge on any atom is -0.452 e. The number of carbonyl (C=O) groups is 2. The maximum atomic E-state index is 12.7. The Bertz CT molecular complexity index is 687. The summed E-state index contributed by atoms with van der Waals surface area (Å²) in [5, 5.41) is 4.09. The number of anilines is 1. The summed E-state index contributed by atoms with van der Waals surface area (Å²) >= 11 is 1.37. The second kappa shape index (κ2) is 8.75. The molecule has 0 bridgehead atoms. The highest BCUT2D eigenvalue weighted by atomic mass is 32.2. The smallest absolute Gasteiger partial charge is 0.331 e. The number of amides is 1. The van der Waals surface area contributed by atoms with Crippen LogP contribution in [0.5, 0.6) is 0 Å². The van der Waals surface area contributed by atoms with Gasteiger partial charge in [-0.05, 0) is 41.8 Å². The van der Waals surface area contributed by atoms with Crippen molar-refractivity contribution >= 4 is 29.3 Å². The van der Waals surface area contributed by atoms with Gasteiger partial charge < -0.3 is 10.1 Å². The molecule has 0 aliphatic rings. The first-order valence-electron chi connectivity index (χ1n) is 6.74. The van der Waals surface area contributed by atoms with Crippen LogP contribution in [0.3, 0.4) is 0 Å². The fourth-order valence-corrected chi connectivity index (χ4v) is 2.23. The van der Waals surface area contributed by atoms with Crippen LogP contribution in [0.25, 0.3) is 0 Å². The third-order valence-corrected chi connectivity index (χ3v) is 3.44. The van der Waals surface area contributed by atoms with Crippen molar-refractivity contribution < 1.29 is 18.7 Å². The lowest BCUT2D eigenvalue weighted by atomic mass is 10.3. The van der Waals surface area contributed by atoms with Gasteiger partial charge in [0.15, 0.2) is 6.61 Å². The highest BCUT2D eigenvalue weighted by Crippen LogP contribution is 2.17. The number of carbonyl (C=O) groups excluding carboxylic acids is 2. The number of hydrogen-bond donors (Lipinski definition) is 1. The van der Waals surface area contributed by atoms with Gasteiger partial charge in [-0.3, -0.25) is 4.79 Å². The first kappa shape index (κ1) is 16.8. The highest BCUT2D eigenvalue weighted by Gasteiger charge is 2.05. The molecule has 0 aromatic heterocycles. The Morgan fingerprint density at radius 1 is 1.09 bits per heavy atom. The number of ether oxygens (including phenoxy) is 1. The molecular formula is C17H14FNO3S. The number of thioether (sulfide) groups is 1. The largest absolute Gasteiger partial charge is 0.452 e. The molecule has 0 saturated carbocycles.